The lowest BCUT2D eigenvalue weighted by molar-refractivity contribution is -0.139. The van der Waals surface area contributed by atoms with E-state index in [9.17, 15) is 4.79 Å². The van der Waals surface area contributed by atoms with Gasteiger partial charge in [-0.25, -0.2) is 4.79 Å². The van der Waals surface area contributed by atoms with Gasteiger partial charge in [0.05, 0.1) is 0 Å². The molecule has 1 aliphatic carbocycles. The molecule has 3 heteroatoms. The Morgan fingerprint density at radius 2 is 1.79 bits per heavy atom. The van der Waals surface area contributed by atoms with Gasteiger partial charge in [0.15, 0.2) is 0 Å². The molecule has 0 aromatic heterocycles. The average Bonchev–Trinajstić information content (AvgIpc) is 3.02. The summed E-state index contributed by atoms with van der Waals surface area (Å²) in [5, 5.41) is 4.73. The highest BCUT2D eigenvalue weighted by Gasteiger charge is 2.24. The molecule has 0 radical (unpaired) electrons. The molecule has 3 aromatic rings. The van der Waals surface area contributed by atoms with Crippen LogP contribution in [0, 0.1) is 0 Å². The van der Waals surface area contributed by atoms with Crippen LogP contribution in [0.3, 0.4) is 0 Å². The van der Waals surface area contributed by atoms with E-state index in [1.54, 1.807) is 13.8 Å². The molecule has 3 nitrogen and oxygen atoms in total. The van der Waals surface area contributed by atoms with Crippen molar-refractivity contribution in [3.63, 3.8) is 0 Å². The van der Waals surface area contributed by atoms with Crippen LogP contribution in [0.5, 0.6) is 5.75 Å². The molecule has 1 aliphatic rings. The van der Waals surface area contributed by atoms with Crippen LogP contribution in [0.1, 0.15) is 25.0 Å². The van der Waals surface area contributed by atoms with E-state index >= 15 is 0 Å². The van der Waals surface area contributed by atoms with Crippen molar-refractivity contribution >= 4 is 33.6 Å². The van der Waals surface area contributed by atoms with Crippen molar-refractivity contribution in [2.45, 2.75) is 25.8 Å². The highest BCUT2D eigenvalue weighted by atomic mass is 16.5. The predicted octanol–water partition coefficient (Wildman–Crippen LogP) is 4.21. The second-order valence-electron chi connectivity index (χ2n) is 6.89. The van der Waals surface area contributed by atoms with E-state index in [-0.39, 0.29) is 0 Å². The van der Waals surface area contributed by atoms with Gasteiger partial charge in [-0.2, -0.15) is 0 Å². The fourth-order valence-electron chi connectivity index (χ4n) is 3.19. The van der Waals surface area contributed by atoms with E-state index in [0.29, 0.717) is 5.75 Å². The van der Waals surface area contributed by atoms with Gasteiger partial charge in [0.2, 0.25) is 0 Å². The first-order chi connectivity index (χ1) is 11.4. The second-order valence-corrected chi connectivity index (χ2v) is 6.89. The van der Waals surface area contributed by atoms with Crippen LogP contribution in [0.25, 0.3) is 27.6 Å². The van der Waals surface area contributed by atoms with Crippen LogP contribution < -0.4 is 10.5 Å². The van der Waals surface area contributed by atoms with E-state index in [4.69, 9.17) is 10.5 Å². The number of fused-ring (bicyclic) bond motifs is 5. The van der Waals surface area contributed by atoms with E-state index in [1.807, 2.05) is 18.2 Å². The maximum absolute atomic E-state index is 12.0. The standard InChI is InChI=1S/C21H19NO2/c1-21(2,22)20(23)24-15-8-11-17-14(12-15)7-10-18-16-5-3-4-13(16)6-9-19(17)18/h3-4,6-12H,5,22H2,1-2H3. The largest absolute Gasteiger partial charge is 0.425 e. The number of allylic oxidation sites excluding steroid dienone is 1. The monoisotopic (exact) mass is 317 g/mol. The lowest BCUT2D eigenvalue weighted by Gasteiger charge is -2.17. The molecule has 0 amide bonds. The van der Waals surface area contributed by atoms with Gasteiger partial charge in [-0.05, 0) is 65.1 Å². The topological polar surface area (TPSA) is 52.3 Å². The van der Waals surface area contributed by atoms with Crippen molar-refractivity contribution in [2.24, 2.45) is 5.73 Å². The summed E-state index contributed by atoms with van der Waals surface area (Å²) in [4.78, 5) is 12.0. The first-order valence-corrected chi connectivity index (χ1v) is 8.09. The Hall–Kier alpha value is -2.65. The van der Waals surface area contributed by atoms with Crippen LogP contribution >= 0.6 is 0 Å². The van der Waals surface area contributed by atoms with Gasteiger partial charge < -0.3 is 10.5 Å². The lowest BCUT2D eigenvalue weighted by Crippen LogP contribution is -2.44. The summed E-state index contributed by atoms with van der Waals surface area (Å²) >= 11 is 0. The minimum atomic E-state index is -1.01. The summed E-state index contributed by atoms with van der Waals surface area (Å²) in [5.74, 6) is 0.0831. The summed E-state index contributed by atoms with van der Waals surface area (Å²) in [6.07, 6.45) is 5.36. The Morgan fingerprint density at radius 3 is 2.58 bits per heavy atom. The Kier molecular flexibility index (Phi) is 3.22. The lowest BCUT2D eigenvalue weighted by atomic mass is 9.96. The molecule has 3 aromatic carbocycles. The quantitative estimate of drug-likeness (QED) is 0.438. The Bertz CT molecular complexity index is 1010. The van der Waals surface area contributed by atoms with Crippen molar-refractivity contribution in [3.05, 3.63) is 59.7 Å². The third-order valence-corrected chi connectivity index (χ3v) is 4.49. The van der Waals surface area contributed by atoms with Crippen LogP contribution in [-0.2, 0) is 11.2 Å². The first kappa shape index (κ1) is 14.9. The summed E-state index contributed by atoms with van der Waals surface area (Å²) in [6.45, 7) is 3.27. The van der Waals surface area contributed by atoms with Gasteiger partial charge in [0.25, 0.3) is 0 Å². The zero-order valence-corrected chi connectivity index (χ0v) is 13.8. The fourth-order valence-corrected chi connectivity index (χ4v) is 3.19. The Morgan fingerprint density at radius 1 is 1.04 bits per heavy atom. The van der Waals surface area contributed by atoms with Crippen LogP contribution in [0.2, 0.25) is 0 Å². The molecular formula is C21H19NO2. The molecule has 0 heterocycles. The van der Waals surface area contributed by atoms with Crippen molar-refractivity contribution in [1.29, 1.82) is 0 Å². The summed E-state index contributed by atoms with van der Waals surface area (Å²) in [7, 11) is 0. The van der Waals surface area contributed by atoms with E-state index in [0.717, 1.165) is 17.2 Å². The SMILES string of the molecule is CC(C)(N)C(=O)Oc1ccc2c(ccc3c4c(ccc32)C=CC4)c1. The number of carbonyl (C=O) groups is 1. The molecule has 24 heavy (non-hydrogen) atoms. The van der Waals surface area contributed by atoms with Crippen molar-refractivity contribution in [3.8, 4) is 5.75 Å². The number of hydrogen-bond acceptors (Lipinski definition) is 3. The molecule has 0 fully saturated rings. The molecule has 2 N–H and O–H groups in total. The molecule has 0 spiro atoms. The second kappa shape index (κ2) is 5.18. The molecule has 0 saturated heterocycles. The molecule has 0 unspecified atom stereocenters. The van der Waals surface area contributed by atoms with E-state index in [1.165, 1.54) is 21.9 Å². The third kappa shape index (κ3) is 2.38. The number of benzene rings is 3. The molecular weight excluding hydrogens is 298 g/mol. The van der Waals surface area contributed by atoms with Gasteiger partial charge in [0, 0.05) is 0 Å². The zero-order chi connectivity index (χ0) is 16.9. The van der Waals surface area contributed by atoms with Crippen LogP contribution in [-0.4, -0.2) is 11.5 Å². The number of ether oxygens (including phenoxy) is 1. The maximum atomic E-state index is 12.0. The van der Waals surface area contributed by atoms with Crippen molar-refractivity contribution < 1.29 is 9.53 Å². The molecule has 0 bridgehead atoms. The highest BCUT2D eigenvalue weighted by Crippen LogP contribution is 2.34. The molecule has 0 saturated carbocycles. The molecule has 120 valence electrons. The van der Waals surface area contributed by atoms with Gasteiger partial charge in [-0.3, -0.25) is 0 Å². The van der Waals surface area contributed by atoms with E-state index < -0.39 is 11.5 Å². The predicted molar refractivity (Wildman–Crippen MR) is 98.1 cm³/mol. The van der Waals surface area contributed by atoms with Crippen molar-refractivity contribution in [2.75, 3.05) is 0 Å². The summed E-state index contributed by atoms with van der Waals surface area (Å²) in [6, 6.07) is 14.3. The number of rotatable bonds is 2. The molecule has 0 aliphatic heterocycles. The van der Waals surface area contributed by atoms with Gasteiger partial charge in [0.1, 0.15) is 11.3 Å². The number of nitrogens with two attached hydrogens (primary N) is 1. The third-order valence-electron chi connectivity index (χ3n) is 4.49. The minimum Gasteiger partial charge on any atom is -0.425 e. The van der Waals surface area contributed by atoms with Gasteiger partial charge in [-0.1, -0.05) is 42.5 Å². The van der Waals surface area contributed by atoms with E-state index in [2.05, 4.69) is 36.4 Å². The number of carbonyl (C=O) groups excluding carboxylic acids is 1. The Labute approximate surface area is 140 Å². The van der Waals surface area contributed by atoms with Crippen molar-refractivity contribution in [1.82, 2.24) is 0 Å². The number of esters is 1. The minimum absolute atomic E-state index is 0.438. The number of hydrogen-bond donors (Lipinski definition) is 1. The van der Waals surface area contributed by atoms with Gasteiger partial charge >= 0.3 is 5.97 Å². The van der Waals surface area contributed by atoms with Crippen LogP contribution in [0.4, 0.5) is 0 Å². The smallest absolute Gasteiger partial charge is 0.330 e. The normalized spacial score (nSPS) is 13.5. The summed E-state index contributed by atoms with van der Waals surface area (Å²) in [5.41, 5.74) is 7.46. The Balaban J connectivity index is 1.81. The summed E-state index contributed by atoms with van der Waals surface area (Å²) < 4.78 is 5.40. The fraction of sp³-hybridized carbons (Fsp3) is 0.190. The highest BCUT2D eigenvalue weighted by molar-refractivity contribution is 6.10. The van der Waals surface area contributed by atoms with Gasteiger partial charge in [-0.15, -0.1) is 0 Å². The maximum Gasteiger partial charge on any atom is 0.330 e. The molecule has 0 atom stereocenters. The first-order valence-electron chi connectivity index (χ1n) is 8.09. The average molecular weight is 317 g/mol. The zero-order valence-electron chi connectivity index (χ0n) is 13.8. The molecule has 4 rings (SSSR count). The van der Waals surface area contributed by atoms with Crippen LogP contribution in [0.15, 0.2) is 48.5 Å².